The summed E-state index contributed by atoms with van der Waals surface area (Å²) in [7, 11) is -3.22. The van der Waals surface area contributed by atoms with E-state index in [0.29, 0.717) is 25.6 Å². The molecule has 7 heteroatoms. The minimum absolute atomic E-state index is 0.00694. The van der Waals surface area contributed by atoms with E-state index in [2.05, 4.69) is 0 Å². The quantitative estimate of drug-likeness (QED) is 0.773. The molecular weight excluding hydrogens is 259 g/mol. The van der Waals surface area contributed by atoms with E-state index in [0.717, 1.165) is 0 Å². The van der Waals surface area contributed by atoms with Crippen molar-refractivity contribution in [1.29, 1.82) is 0 Å². The molecule has 106 valence electrons. The number of aliphatic hydroxyl groups excluding tert-OH is 1. The second kappa shape index (κ2) is 10.3. The van der Waals surface area contributed by atoms with E-state index in [1.54, 1.807) is 32.9 Å². The monoisotopic (exact) mass is 280 g/mol. The van der Waals surface area contributed by atoms with Crippen LogP contribution in [0, 0.1) is 0 Å². The van der Waals surface area contributed by atoms with Crippen molar-refractivity contribution in [1.82, 2.24) is 0 Å². The van der Waals surface area contributed by atoms with Crippen LogP contribution in [0.4, 0.5) is 0 Å². The number of hydrogen-bond acceptors (Lipinski definition) is 6. The summed E-state index contributed by atoms with van der Waals surface area (Å²) in [5, 5.41) is 8.33. The molecule has 0 aliphatic rings. The molecule has 0 unspecified atom stereocenters. The summed E-state index contributed by atoms with van der Waals surface area (Å²) in [6, 6.07) is 3.46. The maximum Gasteiger partial charge on any atom is 0.474 e. The van der Waals surface area contributed by atoms with Gasteiger partial charge in [0.2, 0.25) is 0 Å². The van der Waals surface area contributed by atoms with Gasteiger partial charge in [-0.15, -0.1) is 0 Å². The summed E-state index contributed by atoms with van der Waals surface area (Å²) >= 11 is 0. The van der Waals surface area contributed by atoms with E-state index < -0.39 is 7.82 Å². The predicted octanol–water partition coefficient (Wildman–Crippen LogP) is 2.98. The van der Waals surface area contributed by atoms with Crippen LogP contribution in [0.1, 0.15) is 26.5 Å². The Morgan fingerprint density at radius 2 is 1.67 bits per heavy atom. The molecule has 0 amide bonds. The molecule has 0 spiro atoms. The van der Waals surface area contributed by atoms with Gasteiger partial charge in [0.05, 0.1) is 26.1 Å². The van der Waals surface area contributed by atoms with Gasteiger partial charge in [-0.1, -0.05) is 0 Å². The fraction of sp³-hybridized carbons (Fsp3) is 0.636. The lowest BCUT2D eigenvalue weighted by atomic mass is 10.5. The molecule has 0 saturated carbocycles. The smallest absolute Gasteiger partial charge is 0.467 e. The predicted molar refractivity (Wildman–Crippen MR) is 67.1 cm³/mol. The molecule has 0 fully saturated rings. The summed E-state index contributed by atoms with van der Waals surface area (Å²) in [5.41, 5.74) is 0. The SMILES string of the molecule is CCOP(=O)(OCC)OCC.OCc1ccco1. The van der Waals surface area contributed by atoms with Gasteiger partial charge in [0, 0.05) is 0 Å². The third-order valence-electron chi connectivity index (χ3n) is 1.60. The van der Waals surface area contributed by atoms with Crippen LogP contribution in [-0.2, 0) is 24.7 Å². The van der Waals surface area contributed by atoms with Gasteiger partial charge in [-0.2, -0.15) is 0 Å². The van der Waals surface area contributed by atoms with Crippen molar-refractivity contribution >= 4 is 7.82 Å². The fourth-order valence-corrected chi connectivity index (χ4v) is 2.16. The Labute approximate surface area is 107 Å². The van der Waals surface area contributed by atoms with Crippen LogP contribution in [-0.4, -0.2) is 24.9 Å². The fourth-order valence-electron chi connectivity index (χ4n) is 0.989. The zero-order chi connectivity index (χ0) is 13.9. The number of phosphoric ester groups is 1. The van der Waals surface area contributed by atoms with E-state index in [9.17, 15) is 4.57 Å². The normalized spacial score (nSPS) is 10.9. The Balaban J connectivity index is 0.000000351. The van der Waals surface area contributed by atoms with Crippen LogP contribution < -0.4 is 0 Å². The highest BCUT2D eigenvalue weighted by Gasteiger charge is 2.23. The number of aliphatic hydroxyl groups is 1. The van der Waals surface area contributed by atoms with Crippen molar-refractivity contribution in [3.8, 4) is 0 Å². The first-order chi connectivity index (χ1) is 8.61. The van der Waals surface area contributed by atoms with Gasteiger partial charge >= 0.3 is 7.82 Å². The number of furan rings is 1. The summed E-state index contributed by atoms with van der Waals surface area (Å²) in [6.07, 6.45) is 1.53. The lowest BCUT2D eigenvalue weighted by Gasteiger charge is -2.14. The largest absolute Gasteiger partial charge is 0.474 e. The molecule has 1 rings (SSSR count). The highest BCUT2D eigenvalue weighted by molar-refractivity contribution is 7.48. The first-order valence-corrected chi connectivity index (χ1v) is 7.24. The standard InChI is InChI=1S/C6H15O4P.C5H6O2/c1-4-8-11(7,9-5-2)10-6-3;6-4-5-2-1-3-7-5/h4-6H2,1-3H3;1-3,6H,4H2. The lowest BCUT2D eigenvalue weighted by Crippen LogP contribution is -1.99. The molecule has 0 aliphatic heterocycles. The van der Waals surface area contributed by atoms with E-state index in [1.165, 1.54) is 6.26 Å². The van der Waals surface area contributed by atoms with Crippen LogP contribution in [0.25, 0.3) is 0 Å². The van der Waals surface area contributed by atoms with Gasteiger partial charge in [0.15, 0.2) is 0 Å². The summed E-state index contributed by atoms with van der Waals surface area (Å²) in [6.45, 7) is 6.21. The molecule has 18 heavy (non-hydrogen) atoms. The molecule has 0 atom stereocenters. The van der Waals surface area contributed by atoms with Crippen LogP contribution in [0.3, 0.4) is 0 Å². The van der Waals surface area contributed by atoms with Crippen molar-refractivity contribution in [3.05, 3.63) is 24.2 Å². The second-order valence-corrected chi connectivity index (χ2v) is 4.61. The maximum atomic E-state index is 11.3. The van der Waals surface area contributed by atoms with Crippen LogP contribution in [0.15, 0.2) is 22.8 Å². The first-order valence-electron chi connectivity index (χ1n) is 5.78. The molecule has 0 saturated heterocycles. The molecule has 6 nitrogen and oxygen atoms in total. The Kier molecular flexibility index (Phi) is 9.92. The molecule has 0 radical (unpaired) electrons. The average molecular weight is 280 g/mol. The molecular formula is C11H21O6P. The van der Waals surface area contributed by atoms with Gasteiger partial charge in [0.25, 0.3) is 0 Å². The minimum Gasteiger partial charge on any atom is -0.467 e. The van der Waals surface area contributed by atoms with Crippen LogP contribution >= 0.6 is 7.82 Å². The van der Waals surface area contributed by atoms with E-state index in [-0.39, 0.29) is 6.61 Å². The highest BCUT2D eigenvalue weighted by atomic mass is 31.2. The van der Waals surface area contributed by atoms with E-state index in [1.807, 2.05) is 0 Å². The molecule has 1 heterocycles. The Bertz CT molecular complexity index is 301. The Hall–Kier alpha value is -0.650. The van der Waals surface area contributed by atoms with E-state index >= 15 is 0 Å². The summed E-state index contributed by atoms with van der Waals surface area (Å²) in [5.74, 6) is 0.611. The third kappa shape index (κ3) is 7.63. The van der Waals surface area contributed by atoms with Crippen molar-refractivity contribution in [2.75, 3.05) is 19.8 Å². The minimum atomic E-state index is -3.22. The maximum absolute atomic E-state index is 11.3. The third-order valence-corrected chi connectivity index (χ3v) is 3.32. The second-order valence-electron chi connectivity index (χ2n) is 2.94. The van der Waals surface area contributed by atoms with Crippen molar-refractivity contribution in [2.45, 2.75) is 27.4 Å². The van der Waals surface area contributed by atoms with Gasteiger partial charge < -0.3 is 9.52 Å². The van der Waals surface area contributed by atoms with Crippen molar-refractivity contribution in [2.24, 2.45) is 0 Å². The van der Waals surface area contributed by atoms with Crippen molar-refractivity contribution in [3.63, 3.8) is 0 Å². The molecule has 0 bridgehead atoms. The van der Waals surface area contributed by atoms with Crippen molar-refractivity contribution < 1.29 is 27.7 Å². The molecule has 1 aromatic rings. The molecule has 0 aromatic carbocycles. The summed E-state index contributed by atoms with van der Waals surface area (Å²) < 4.78 is 30.5. The number of rotatable bonds is 7. The number of hydrogen-bond donors (Lipinski definition) is 1. The van der Waals surface area contributed by atoms with Gasteiger partial charge in [-0.25, -0.2) is 4.57 Å². The molecule has 1 N–H and O–H groups in total. The number of phosphoric acid groups is 1. The van der Waals surface area contributed by atoms with Gasteiger partial charge in [-0.05, 0) is 32.9 Å². The topological polar surface area (TPSA) is 78.1 Å². The lowest BCUT2D eigenvalue weighted by molar-refractivity contribution is 0.126. The zero-order valence-corrected chi connectivity index (χ0v) is 11.9. The first kappa shape index (κ1) is 17.4. The Morgan fingerprint density at radius 3 is 1.89 bits per heavy atom. The van der Waals surface area contributed by atoms with Gasteiger partial charge in [0.1, 0.15) is 12.4 Å². The van der Waals surface area contributed by atoms with E-state index in [4.69, 9.17) is 23.1 Å². The average Bonchev–Trinajstić information content (AvgIpc) is 2.83. The zero-order valence-electron chi connectivity index (χ0n) is 11.0. The highest BCUT2D eigenvalue weighted by Crippen LogP contribution is 2.48. The molecule has 1 aromatic heterocycles. The van der Waals surface area contributed by atoms with Crippen LogP contribution in [0.5, 0.6) is 0 Å². The van der Waals surface area contributed by atoms with Crippen LogP contribution in [0.2, 0.25) is 0 Å². The molecule has 0 aliphatic carbocycles. The Morgan fingerprint density at radius 1 is 1.17 bits per heavy atom. The van der Waals surface area contributed by atoms with Gasteiger partial charge in [-0.3, -0.25) is 13.6 Å². The summed E-state index contributed by atoms with van der Waals surface area (Å²) in [4.78, 5) is 0.